The van der Waals surface area contributed by atoms with Crippen LogP contribution < -0.4 is 9.64 Å². The molecule has 118 valence electrons. The predicted octanol–water partition coefficient (Wildman–Crippen LogP) is 3.35. The smallest absolute Gasteiger partial charge is 0.266 e. The molecular weight excluding hydrogens is 304 g/mol. The van der Waals surface area contributed by atoms with Gasteiger partial charge in [-0.15, -0.1) is 0 Å². The van der Waals surface area contributed by atoms with Crippen LogP contribution in [0.4, 0.5) is 5.69 Å². The molecular formula is C19H14N2O3. The van der Waals surface area contributed by atoms with Crippen molar-refractivity contribution in [2.24, 2.45) is 0 Å². The Morgan fingerprint density at radius 2 is 1.58 bits per heavy atom. The Bertz CT molecular complexity index is 971. The van der Waals surface area contributed by atoms with Gasteiger partial charge in [0.05, 0.1) is 23.9 Å². The fourth-order valence-corrected chi connectivity index (χ4v) is 3.03. The summed E-state index contributed by atoms with van der Waals surface area (Å²) >= 11 is 0. The van der Waals surface area contributed by atoms with Crippen LogP contribution in [-0.4, -0.2) is 23.9 Å². The molecule has 0 radical (unpaired) electrons. The zero-order valence-corrected chi connectivity index (χ0v) is 13.2. The number of aromatic nitrogens is 1. The van der Waals surface area contributed by atoms with Gasteiger partial charge in [-0.2, -0.15) is 0 Å². The summed E-state index contributed by atoms with van der Waals surface area (Å²) in [7, 11) is 1.54. The highest BCUT2D eigenvalue weighted by Crippen LogP contribution is 2.35. The normalized spacial score (nSPS) is 13.5. The van der Waals surface area contributed by atoms with Crippen LogP contribution in [0.3, 0.4) is 0 Å². The summed E-state index contributed by atoms with van der Waals surface area (Å²) in [4.78, 5) is 31.4. The Morgan fingerprint density at radius 3 is 2.25 bits per heavy atom. The topological polar surface area (TPSA) is 59.5 Å². The Labute approximate surface area is 138 Å². The molecule has 0 atom stereocenters. The molecule has 0 aliphatic carbocycles. The molecule has 1 aliphatic heterocycles. The van der Waals surface area contributed by atoms with Crippen LogP contribution in [0.1, 0.15) is 26.3 Å². The lowest BCUT2D eigenvalue weighted by Gasteiger charge is -2.27. The van der Waals surface area contributed by atoms with Crippen molar-refractivity contribution in [1.82, 2.24) is 4.98 Å². The van der Waals surface area contributed by atoms with Crippen molar-refractivity contribution >= 4 is 28.4 Å². The van der Waals surface area contributed by atoms with Crippen LogP contribution in [0.2, 0.25) is 0 Å². The Hall–Kier alpha value is -3.21. The summed E-state index contributed by atoms with van der Waals surface area (Å²) < 4.78 is 5.30. The summed E-state index contributed by atoms with van der Waals surface area (Å²) in [6.07, 6.45) is 1.56. The van der Waals surface area contributed by atoms with E-state index in [9.17, 15) is 9.59 Å². The van der Waals surface area contributed by atoms with E-state index in [1.165, 1.54) is 12.0 Å². The van der Waals surface area contributed by atoms with Crippen molar-refractivity contribution in [3.05, 3.63) is 65.4 Å². The van der Waals surface area contributed by atoms with Crippen LogP contribution in [-0.2, 0) is 0 Å². The predicted molar refractivity (Wildman–Crippen MR) is 90.6 cm³/mol. The number of rotatable bonds is 2. The first-order chi connectivity index (χ1) is 11.6. The molecule has 0 fully saturated rings. The summed E-state index contributed by atoms with van der Waals surface area (Å²) in [6, 6.07) is 12.3. The monoisotopic (exact) mass is 318 g/mol. The number of hydrogen-bond donors (Lipinski definition) is 0. The van der Waals surface area contributed by atoms with Crippen molar-refractivity contribution in [2.45, 2.75) is 6.92 Å². The lowest BCUT2D eigenvalue weighted by molar-refractivity contribution is 0.0893. The van der Waals surface area contributed by atoms with Crippen molar-refractivity contribution in [3.8, 4) is 5.75 Å². The number of amides is 2. The van der Waals surface area contributed by atoms with Crippen LogP contribution >= 0.6 is 0 Å². The van der Waals surface area contributed by atoms with Gasteiger partial charge in [-0.05, 0) is 37.3 Å². The van der Waals surface area contributed by atoms with E-state index in [2.05, 4.69) is 4.98 Å². The highest BCUT2D eigenvalue weighted by molar-refractivity contribution is 6.35. The van der Waals surface area contributed by atoms with Gasteiger partial charge in [0.2, 0.25) is 0 Å². The SMILES string of the molecule is COc1ccc2c3c(ccnc13)C(=O)N(c1ccc(C)cc1)C2=O. The first kappa shape index (κ1) is 14.4. The van der Waals surface area contributed by atoms with Crippen molar-refractivity contribution < 1.29 is 14.3 Å². The molecule has 1 aromatic heterocycles. The van der Waals surface area contributed by atoms with E-state index in [-0.39, 0.29) is 11.8 Å². The lowest BCUT2D eigenvalue weighted by Crippen LogP contribution is -2.40. The maximum absolute atomic E-state index is 12.9. The highest BCUT2D eigenvalue weighted by atomic mass is 16.5. The molecule has 2 aromatic carbocycles. The van der Waals surface area contributed by atoms with Crippen molar-refractivity contribution in [2.75, 3.05) is 12.0 Å². The molecule has 0 saturated heterocycles. The van der Waals surface area contributed by atoms with E-state index < -0.39 is 0 Å². The zero-order chi connectivity index (χ0) is 16.8. The number of carbonyl (C=O) groups is 2. The molecule has 4 rings (SSSR count). The van der Waals surface area contributed by atoms with Gasteiger partial charge in [0.1, 0.15) is 11.3 Å². The molecule has 2 amide bonds. The zero-order valence-electron chi connectivity index (χ0n) is 13.2. The first-order valence-corrected chi connectivity index (χ1v) is 7.53. The van der Waals surface area contributed by atoms with E-state index in [1.807, 2.05) is 19.1 Å². The third-order valence-electron chi connectivity index (χ3n) is 4.23. The first-order valence-electron chi connectivity index (χ1n) is 7.53. The molecule has 0 bridgehead atoms. The van der Waals surface area contributed by atoms with Crippen molar-refractivity contribution in [3.63, 3.8) is 0 Å². The summed E-state index contributed by atoms with van der Waals surface area (Å²) in [5, 5.41) is 0.551. The minimum atomic E-state index is -0.350. The number of anilines is 1. The van der Waals surface area contributed by atoms with Gasteiger partial charge in [-0.1, -0.05) is 17.7 Å². The largest absolute Gasteiger partial charge is 0.494 e. The summed E-state index contributed by atoms with van der Waals surface area (Å²) in [6.45, 7) is 1.96. The van der Waals surface area contributed by atoms with Gasteiger partial charge in [-0.3, -0.25) is 14.6 Å². The third kappa shape index (κ3) is 1.91. The van der Waals surface area contributed by atoms with Gasteiger partial charge in [0.15, 0.2) is 0 Å². The van der Waals surface area contributed by atoms with E-state index >= 15 is 0 Å². The quantitative estimate of drug-likeness (QED) is 0.680. The average molecular weight is 318 g/mol. The molecule has 0 N–H and O–H groups in total. The van der Waals surface area contributed by atoms with E-state index in [0.29, 0.717) is 33.5 Å². The minimum Gasteiger partial charge on any atom is -0.494 e. The number of ether oxygens (including phenoxy) is 1. The van der Waals surface area contributed by atoms with E-state index in [0.717, 1.165) is 5.56 Å². The molecule has 3 aromatic rings. The third-order valence-corrected chi connectivity index (χ3v) is 4.23. The van der Waals surface area contributed by atoms with Gasteiger partial charge in [0.25, 0.3) is 11.8 Å². The number of imide groups is 1. The van der Waals surface area contributed by atoms with Crippen LogP contribution in [0.5, 0.6) is 5.75 Å². The van der Waals surface area contributed by atoms with Crippen molar-refractivity contribution in [1.29, 1.82) is 0 Å². The number of benzene rings is 2. The molecule has 0 spiro atoms. The average Bonchev–Trinajstić information content (AvgIpc) is 2.61. The molecule has 2 heterocycles. The Balaban J connectivity index is 1.97. The van der Waals surface area contributed by atoms with Gasteiger partial charge < -0.3 is 4.74 Å². The lowest BCUT2D eigenvalue weighted by atomic mass is 9.96. The second kappa shape index (κ2) is 5.16. The second-order valence-corrected chi connectivity index (χ2v) is 5.68. The Kier molecular flexibility index (Phi) is 3.09. The maximum Gasteiger partial charge on any atom is 0.266 e. The number of aryl methyl sites for hydroxylation is 1. The summed E-state index contributed by atoms with van der Waals surface area (Å²) in [5.41, 5.74) is 3.05. The van der Waals surface area contributed by atoms with E-state index in [4.69, 9.17) is 4.74 Å². The number of nitrogens with zero attached hydrogens (tertiary/aromatic N) is 2. The van der Waals surface area contributed by atoms with Crippen LogP contribution in [0, 0.1) is 6.92 Å². The standard InChI is InChI=1S/C19H14N2O3/c1-11-3-5-12(6-4-11)21-18(22)13-7-8-15(24-2)17-16(13)14(19(21)23)9-10-20-17/h3-10H,1-2H3. The number of carbonyl (C=O) groups excluding carboxylic acids is 2. The Morgan fingerprint density at radius 1 is 0.917 bits per heavy atom. The minimum absolute atomic E-state index is 0.350. The molecule has 24 heavy (non-hydrogen) atoms. The molecule has 5 nitrogen and oxygen atoms in total. The van der Waals surface area contributed by atoms with E-state index in [1.54, 1.807) is 36.5 Å². The molecule has 0 saturated carbocycles. The number of methoxy groups -OCH3 is 1. The highest BCUT2D eigenvalue weighted by Gasteiger charge is 2.34. The molecule has 0 unspecified atom stereocenters. The summed E-state index contributed by atoms with van der Waals surface area (Å²) in [5.74, 6) is -0.158. The fraction of sp³-hybridized carbons (Fsp3) is 0.105. The number of hydrogen-bond acceptors (Lipinski definition) is 4. The van der Waals surface area contributed by atoms with Gasteiger partial charge in [-0.25, -0.2) is 4.90 Å². The fourth-order valence-electron chi connectivity index (χ4n) is 3.03. The van der Waals surface area contributed by atoms with Crippen LogP contribution in [0.25, 0.3) is 10.9 Å². The maximum atomic E-state index is 12.9. The second-order valence-electron chi connectivity index (χ2n) is 5.68. The number of pyridine rings is 1. The molecule has 5 heteroatoms. The van der Waals surface area contributed by atoms with Gasteiger partial charge in [0, 0.05) is 11.6 Å². The molecule has 1 aliphatic rings. The van der Waals surface area contributed by atoms with Crippen LogP contribution in [0.15, 0.2) is 48.7 Å². The van der Waals surface area contributed by atoms with Gasteiger partial charge >= 0.3 is 0 Å².